The minimum absolute atomic E-state index is 0.141. The first-order chi connectivity index (χ1) is 12.1. The van der Waals surface area contributed by atoms with E-state index in [1.54, 1.807) is 18.3 Å². The lowest BCUT2D eigenvalue weighted by molar-refractivity contribution is -0.143. The van der Waals surface area contributed by atoms with Crippen LogP contribution in [0.1, 0.15) is 48.9 Å². The van der Waals surface area contributed by atoms with Crippen molar-refractivity contribution in [2.24, 2.45) is 5.92 Å². The van der Waals surface area contributed by atoms with Gasteiger partial charge < -0.3 is 10.4 Å². The number of pyridine rings is 1. The maximum absolute atomic E-state index is 13.9. The minimum atomic E-state index is -0.894. The lowest BCUT2D eigenvalue weighted by Crippen LogP contribution is -2.44. The molecule has 0 bridgehead atoms. The summed E-state index contributed by atoms with van der Waals surface area (Å²) >= 11 is 0. The zero-order valence-electron chi connectivity index (χ0n) is 13.9. The van der Waals surface area contributed by atoms with Crippen LogP contribution in [-0.4, -0.2) is 28.0 Å². The highest BCUT2D eigenvalue weighted by Crippen LogP contribution is 2.24. The second kappa shape index (κ2) is 7.59. The van der Waals surface area contributed by atoms with E-state index in [-0.39, 0.29) is 5.56 Å². The average molecular weight is 344 g/mol. The van der Waals surface area contributed by atoms with Crippen molar-refractivity contribution in [2.75, 3.05) is 0 Å². The van der Waals surface area contributed by atoms with Crippen molar-refractivity contribution in [3.63, 3.8) is 0 Å². The van der Waals surface area contributed by atoms with Gasteiger partial charge in [0.15, 0.2) is 0 Å². The van der Waals surface area contributed by atoms with Gasteiger partial charge in [-0.05, 0) is 31.0 Å². The molecule has 1 amide bonds. The highest BCUT2D eigenvalue weighted by atomic mass is 19.1. The van der Waals surface area contributed by atoms with E-state index in [0.29, 0.717) is 23.7 Å². The number of rotatable bonds is 3. The Morgan fingerprint density at radius 1 is 1.16 bits per heavy atom. The first kappa shape index (κ1) is 17.3. The number of hydrogen-bond donors (Lipinski definition) is 2. The Kier molecular flexibility index (Phi) is 5.26. The number of carboxylic acid groups (broad SMARTS) is 1. The van der Waals surface area contributed by atoms with Crippen LogP contribution in [0.4, 0.5) is 4.39 Å². The summed E-state index contributed by atoms with van der Waals surface area (Å²) in [4.78, 5) is 28.5. The summed E-state index contributed by atoms with van der Waals surface area (Å²) in [5.41, 5.74) is 0.556. The Morgan fingerprint density at radius 3 is 2.68 bits per heavy atom. The molecule has 0 radical (unpaired) electrons. The lowest BCUT2D eigenvalue weighted by Gasteiger charge is -2.27. The summed E-state index contributed by atoms with van der Waals surface area (Å²) in [6.45, 7) is 0. The number of aromatic nitrogens is 1. The van der Waals surface area contributed by atoms with Gasteiger partial charge in [-0.25, -0.2) is 4.39 Å². The predicted octanol–water partition coefficient (Wildman–Crippen LogP) is 3.53. The van der Waals surface area contributed by atoms with Crippen LogP contribution in [-0.2, 0) is 4.79 Å². The molecule has 2 N–H and O–H groups in total. The molecule has 1 heterocycles. The number of nitrogens with one attached hydrogen (secondary N) is 1. The molecule has 2 atom stereocenters. The summed E-state index contributed by atoms with van der Waals surface area (Å²) < 4.78 is 13.9. The third-order valence-corrected chi connectivity index (χ3v) is 4.81. The van der Waals surface area contributed by atoms with Crippen LogP contribution in [0.5, 0.6) is 0 Å². The fraction of sp³-hybridized carbons (Fsp3) is 0.421. The molecule has 0 aliphatic heterocycles. The van der Waals surface area contributed by atoms with Crippen molar-refractivity contribution in [2.45, 2.75) is 44.6 Å². The molecule has 3 rings (SSSR count). The standard InChI is InChI=1S/C19H21FN2O3/c20-13-10-12-6-5-9-21-17(12)15(11-13)18(23)22-16-8-4-2-1-3-7-14(16)19(24)25/h5-6,9-11,14,16H,1-4,7-8H2,(H,22,23)(H,24,25). The van der Waals surface area contributed by atoms with Gasteiger partial charge in [-0.1, -0.05) is 31.7 Å². The second-order valence-corrected chi connectivity index (χ2v) is 6.54. The predicted molar refractivity (Wildman–Crippen MR) is 91.8 cm³/mol. The maximum Gasteiger partial charge on any atom is 0.308 e. The van der Waals surface area contributed by atoms with E-state index >= 15 is 0 Å². The molecule has 132 valence electrons. The number of nitrogens with zero attached hydrogens (tertiary/aromatic N) is 1. The average Bonchev–Trinajstić information content (AvgIpc) is 2.56. The third-order valence-electron chi connectivity index (χ3n) is 4.81. The molecule has 2 aromatic rings. The van der Waals surface area contributed by atoms with Gasteiger partial charge in [0.05, 0.1) is 17.0 Å². The van der Waals surface area contributed by atoms with Crippen LogP contribution in [0.2, 0.25) is 0 Å². The van der Waals surface area contributed by atoms with Crippen LogP contribution in [0.25, 0.3) is 10.9 Å². The van der Waals surface area contributed by atoms with E-state index in [0.717, 1.165) is 31.7 Å². The fourth-order valence-electron chi connectivity index (χ4n) is 3.53. The third kappa shape index (κ3) is 3.95. The molecule has 0 spiro atoms. The molecular formula is C19H21FN2O3. The van der Waals surface area contributed by atoms with Crippen molar-refractivity contribution in [3.8, 4) is 0 Å². The Morgan fingerprint density at radius 2 is 1.92 bits per heavy atom. The minimum Gasteiger partial charge on any atom is -0.481 e. The van der Waals surface area contributed by atoms with Crippen molar-refractivity contribution < 1.29 is 19.1 Å². The normalized spacial score (nSPS) is 21.3. The van der Waals surface area contributed by atoms with Gasteiger partial charge in [-0.2, -0.15) is 0 Å². The topological polar surface area (TPSA) is 79.3 Å². The number of halogens is 1. The fourth-order valence-corrected chi connectivity index (χ4v) is 3.53. The van der Waals surface area contributed by atoms with Gasteiger partial charge >= 0.3 is 5.97 Å². The Bertz CT molecular complexity index is 793. The Hall–Kier alpha value is -2.50. The van der Waals surface area contributed by atoms with Crippen LogP contribution >= 0.6 is 0 Å². The first-order valence-electron chi connectivity index (χ1n) is 8.64. The molecule has 25 heavy (non-hydrogen) atoms. The van der Waals surface area contributed by atoms with Gasteiger partial charge in [0.1, 0.15) is 5.82 Å². The number of aliphatic carboxylic acids is 1. The number of benzene rings is 1. The van der Waals surface area contributed by atoms with Gasteiger partial charge in [-0.15, -0.1) is 0 Å². The van der Waals surface area contributed by atoms with Crippen molar-refractivity contribution in [1.82, 2.24) is 10.3 Å². The van der Waals surface area contributed by atoms with E-state index < -0.39 is 29.7 Å². The van der Waals surface area contributed by atoms with Crippen LogP contribution < -0.4 is 5.32 Å². The van der Waals surface area contributed by atoms with E-state index in [1.165, 1.54) is 6.07 Å². The molecule has 1 aromatic heterocycles. The highest BCUT2D eigenvalue weighted by molar-refractivity contribution is 6.05. The second-order valence-electron chi connectivity index (χ2n) is 6.54. The van der Waals surface area contributed by atoms with E-state index in [4.69, 9.17) is 0 Å². The quantitative estimate of drug-likeness (QED) is 0.893. The van der Waals surface area contributed by atoms with Crippen molar-refractivity contribution in [3.05, 3.63) is 41.8 Å². The zero-order chi connectivity index (χ0) is 17.8. The maximum atomic E-state index is 13.9. The summed E-state index contributed by atoms with van der Waals surface area (Å²) in [5, 5.41) is 12.9. The number of carbonyl (C=O) groups excluding carboxylic acids is 1. The van der Waals surface area contributed by atoms with E-state index in [1.807, 2.05) is 0 Å². The summed E-state index contributed by atoms with van der Waals surface area (Å²) in [7, 11) is 0. The van der Waals surface area contributed by atoms with Gasteiger partial charge in [0, 0.05) is 17.6 Å². The zero-order valence-corrected chi connectivity index (χ0v) is 13.9. The molecule has 0 saturated heterocycles. The molecule has 2 unspecified atom stereocenters. The SMILES string of the molecule is O=C(NC1CCCCCCC1C(=O)O)c1cc(F)cc2cccnc12. The summed E-state index contributed by atoms with van der Waals surface area (Å²) in [6, 6.07) is 5.40. The molecule has 1 saturated carbocycles. The molecule has 1 aliphatic rings. The molecule has 1 aromatic carbocycles. The monoisotopic (exact) mass is 344 g/mol. The van der Waals surface area contributed by atoms with Crippen LogP contribution in [0.15, 0.2) is 30.5 Å². The Balaban J connectivity index is 1.88. The van der Waals surface area contributed by atoms with Gasteiger partial charge in [0.2, 0.25) is 0 Å². The molecule has 6 heteroatoms. The van der Waals surface area contributed by atoms with E-state index in [9.17, 15) is 19.1 Å². The van der Waals surface area contributed by atoms with Gasteiger partial charge in [-0.3, -0.25) is 14.6 Å². The van der Waals surface area contributed by atoms with Crippen LogP contribution in [0, 0.1) is 11.7 Å². The first-order valence-corrected chi connectivity index (χ1v) is 8.64. The number of carbonyl (C=O) groups is 2. The Labute approximate surface area is 145 Å². The highest BCUT2D eigenvalue weighted by Gasteiger charge is 2.30. The molecule has 1 aliphatic carbocycles. The van der Waals surface area contributed by atoms with Gasteiger partial charge in [0.25, 0.3) is 5.91 Å². The van der Waals surface area contributed by atoms with Crippen molar-refractivity contribution >= 4 is 22.8 Å². The number of amides is 1. The number of hydrogen-bond acceptors (Lipinski definition) is 3. The smallest absolute Gasteiger partial charge is 0.308 e. The molecule has 5 nitrogen and oxygen atoms in total. The number of carboxylic acids is 1. The summed E-state index contributed by atoms with van der Waals surface area (Å²) in [6.07, 6.45) is 6.47. The summed E-state index contributed by atoms with van der Waals surface area (Å²) in [5.74, 6) is -2.50. The molecular weight excluding hydrogens is 323 g/mol. The van der Waals surface area contributed by atoms with E-state index in [2.05, 4.69) is 10.3 Å². The number of fused-ring (bicyclic) bond motifs is 1. The van der Waals surface area contributed by atoms with Crippen molar-refractivity contribution in [1.29, 1.82) is 0 Å². The largest absolute Gasteiger partial charge is 0.481 e. The molecule has 1 fully saturated rings. The van der Waals surface area contributed by atoms with Crippen LogP contribution in [0.3, 0.4) is 0 Å². The lowest BCUT2D eigenvalue weighted by atomic mass is 9.86.